The molecule has 0 fully saturated rings. The van der Waals surface area contributed by atoms with Crippen molar-refractivity contribution in [1.82, 2.24) is 4.90 Å². The summed E-state index contributed by atoms with van der Waals surface area (Å²) in [5.41, 5.74) is 1.82. The van der Waals surface area contributed by atoms with Gasteiger partial charge in [0, 0.05) is 23.5 Å². The lowest BCUT2D eigenvalue weighted by molar-refractivity contribution is 0.0750. The van der Waals surface area contributed by atoms with E-state index in [1.54, 1.807) is 0 Å². The third kappa shape index (κ3) is 4.90. The van der Waals surface area contributed by atoms with Crippen LogP contribution in [0.1, 0.15) is 55.5 Å². The summed E-state index contributed by atoms with van der Waals surface area (Å²) >= 11 is 4.33. The second kappa shape index (κ2) is 8.26. The Hall–Kier alpha value is -0.960. The van der Waals surface area contributed by atoms with Gasteiger partial charge in [-0.2, -0.15) is 0 Å². The summed E-state index contributed by atoms with van der Waals surface area (Å²) in [5, 5.41) is 0. The third-order valence-electron chi connectivity index (χ3n) is 3.30. The minimum atomic E-state index is 0.148. The Balaban J connectivity index is 2.87. The number of hydrogen-bond donors (Lipinski definition) is 1. The highest BCUT2D eigenvalue weighted by Crippen LogP contribution is 2.17. The Kier molecular flexibility index (Phi) is 7.00. The van der Waals surface area contributed by atoms with E-state index in [0.717, 1.165) is 54.8 Å². The molecule has 0 radical (unpaired) electrons. The van der Waals surface area contributed by atoms with Crippen molar-refractivity contribution < 1.29 is 4.79 Å². The molecule has 1 rings (SSSR count). The smallest absolute Gasteiger partial charge is 0.254 e. The predicted octanol–water partition coefficient (Wildman–Crippen LogP) is 4.33. The lowest BCUT2D eigenvalue weighted by Gasteiger charge is -2.23. The molecule has 0 saturated heterocycles. The first-order chi connectivity index (χ1) is 9.10. The molecule has 2 nitrogen and oxygen atoms in total. The summed E-state index contributed by atoms with van der Waals surface area (Å²) < 4.78 is 0. The minimum Gasteiger partial charge on any atom is -0.339 e. The third-order valence-corrected chi connectivity index (χ3v) is 3.58. The first-order valence-electron chi connectivity index (χ1n) is 7.19. The van der Waals surface area contributed by atoms with Gasteiger partial charge in [0.15, 0.2) is 0 Å². The molecule has 19 heavy (non-hydrogen) atoms. The fraction of sp³-hybridized carbons (Fsp3) is 0.562. The van der Waals surface area contributed by atoms with Crippen LogP contribution in [0.25, 0.3) is 0 Å². The first-order valence-corrected chi connectivity index (χ1v) is 7.63. The SMILES string of the molecule is CCCCN(CCCC)C(=O)c1cc(S)ccc1C. The molecule has 0 unspecified atom stereocenters. The molecule has 0 heterocycles. The Morgan fingerprint density at radius 1 is 1.16 bits per heavy atom. The highest BCUT2D eigenvalue weighted by Gasteiger charge is 2.16. The normalized spacial score (nSPS) is 10.5. The zero-order valence-electron chi connectivity index (χ0n) is 12.3. The number of unbranched alkanes of at least 4 members (excludes halogenated alkanes) is 2. The maximum Gasteiger partial charge on any atom is 0.254 e. The molecule has 0 aliphatic carbocycles. The van der Waals surface area contributed by atoms with Crippen LogP contribution in [-0.4, -0.2) is 23.9 Å². The van der Waals surface area contributed by atoms with Crippen molar-refractivity contribution in [3.63, 3.8) is 0 Å². The second-order valence-electron chi connectivity index (χ2n) is 5.00. The van der Waals surface area contributed by atoms with E-state index in [-0.39, 0.29) is 5.91 Å². The average Bonchev–Trinajstić information content (AvgIpc) is 2.41. The first kappa shape index (κ1) is 16.1. The van der Waals surface area contributed by atoms with E-state index in [2.05, 4.69) is 26.5 Å². The summed E-state index contributed by atoms with van der Waals surface area (Å²) in [7, 11) is 0. The number of aryl methyl sites for hydroxylation is 1. The molecule has 0 N–H and O–H groups in total. The van der Waals surface area contributed by atoms with E-state index in [1.807, 2.05) is 30.0 Å². The molecule has 0 aliphatic rings. The zero-order valence-corrected chi connectivity index (χ0v) is 13.2. The lowest BCUT2D eigenvalue weighted by atomic mass is 10.1. The monoisotopic (exact) mass is 279 g/mol. The number of carbonyl (C=O) groups is 1. The Bertz CT molecular complexity index is 409. The standard InChI is InChI=1S/C16H25NOS/c1-4-6-10-17(11-7-5-2)16(18)15-12-14(19)9-8-13(15)3/h8-9,12,19H,4-7,10-11H2,1-3H3. The van der Waals surface area contributed by atoms with E-state index in [4.69, 9.17) is 0 Å². The number of hydrogen-bond acceptors (Lipinski definition) is 2. The van der Waals surface area contributed by atoms with Crippen molar-refractivity contribution in [1.29, 1.82) is 0 Å². The molecule has 0 aromatic heterocycles. The van der Waals surface area contributed by atoms with Gasteiger partial charge >= 0.3 is 0 Å². The Morgan fingerprint density at radius 3 is 2.26 bits per heavy atom. The zero-order chi connectivity index (χ0) is 14.3. The molecule has 1 amide bonds. The van der Waals surface area contributed by atoms with Gasteiger partial charge in [-0.05, 0) is 37.5 Å². The molecular weight excluding hydrogens is 254 g/mol. The minimum absolute atomic E-state index is 0.148. The van der Waals surface area contributed by atoms with Crippen LogP contribution < -0.4 is 0 Å². The maximum atomic E-state index is 12.6. The molecule has 0 saturated carbocycles. The van der Waals surface area contributed by atoms with Gasteiger partial charge in [0.1, 0.15) is 0 Å². The molecule has 1 aromatic carbocycles. The van der Waals surface area contributed by atoms with Crippen LogP contribution in [-0.2, 0) is 0 Å². The summed E-state index contributed by atoms with van der Waals surface area (Å²) in [6.07, 6.45) is 4.35. The Labute approximate surface area is 122 Å². The van der Waals surface area contributed by atoms with Crippen molar-refractivity contribution in [2.24, 2.45) is 0 Å². The highest BCUT2D eigenvalue weighted by atomic mass is 32.1. The summed E-state index contributed by atoms with van der Waals surface area (Å²) in [6.45, 7) is 8.00. The summed E-state index contributed by atoms with van der Waals surface area (Å²) in [6, 6.07) is 5.77. The number of amides is 1. The number of benzene rings is 1. The van der Waals surface area contributed by atoms with Crippen molar-refractivity contribution in [2.45, 2.75) is 51.3 Å². The number of carbonyl (C=O) groups excluding carboxylic acids is 1. The van der Waals surface area contributed by atoms with Crippen LogP contribution in [0, 0.1) is 6.92 Å². The predicted molar refractivity (Wildman–Crippen MR) is 84.2 cm³/mol. The van der Waals surface area contributed by atoms with E-state index in [0.29, 0.717) is 0 Å². The maximum absolute atomic E-state index is 12.6. The van der Waals surface area contributed by atoms with Gasteiger partial charge in [-0.15, -0.1) is 12.6 Å². The van der Waals surface area contributed by atoms with Gasteiger partial charge in [0.05, 0.1) is 0 Å². The van der Waals surface area contributed by atoms with Crippen LogP contribution in [0.4, 0.5) is 0 Å². The topological polar surface area (TPSA) is 20.3 Å². The van der Waals surface area contributed by atoms with Crippen molar-refractivity contribution >= 4 is 18.5 Å². The molecule has 3 heteroatoms. The quantitative estimate of drug-likeness (QED) is 0.737. The molecule has 106 valence electrons. The molecule has 0 spiro atoms. The highest BCUT2D eigenvalue weighted by molar-refractivity contribution is 7.80. The van der Waals surface area contributed by atoms with Gasteiger partial charge in [-0.1, -0.05) is 32.8 Å². The van der Waals surface area contributed by atoms with Crippen LogP contribution >= 0.6 is 12.6 Å². The van der Waals surface area contributed by atoms with E-state index >= 15 is 0 Å². The average molecular weight is 279 g/mol. The lowest BCUT2D eigenvalue weighted by Crippen LogP contribution is -2.33. The van der Waals surface area contributed by atoms with Crippen LogP contribution in [0.15, 0.2) is 23.1 Å². The number of rotatable bonds is 7. The molecule has 1 aromatic rings. The van der Waals surface area contributed by atoms with Gasteiger partial charge < -0.3 is 4.90 Å². The van der Waals surface area contributed by atoms with Crippen LogP contribution in [0.5, 0.6) is 0 Å². The van der Waals surface area contributed by atoms with E-state index in [9.17, 15) is 4.79 Å². The summed E-state index contributed by atoms with van der Waals surface area (Å²) in [5.74, 6) is 0.148. The van der Waals surface area contributed by atoms with Gasteiger partial charge in [-0.3, -0.25) is 4.79 Å². The molecule has 0 atom stereocenters. The van der Waals surface area contributed by atoms with E-state index < -0.39 is 0 Å². The van der Waals surface area contributed by atoms with E-state index in [1.165, 1.54) is 0 Å². The van der Waals surface area contributed by atoms with Crippen molar-refractivity contribution in [3.8, 4) is 0 Å². The number of thiol groups is 1. The van der Waals surface area contributed by atoms with Gasteiger partial charge in [0.25, 0.3) is 5.91 Å². The van der Waals surface area contributed by atoms with Crippen LogP contribution in [0.2, 0.25) is 0 Å². The number of nitrogens with zero attached hydrogens (tertiary/aromatic N) is 1. The largest absolute Gasteiger partial charge is 0.339 e. The Morgan fingerprint density at radius 2 is 1.74 bits per heavy atom. The molecule has 0 bridgehead atoms. The fourth-order valence-corrected chi connectivity index (χ4v) is 2.23. The molecular formula is C16H25NOS. The second-order valence-corrected chi connectivity index (χ2v) is 5.51. The summed E-state index contributed by atoms with van der Waals surface area (Å²) in [4.78, 5) is 15.5. The van der Waals surface area contributed by atoms with Gasteiger partial charge in [0.2, 0.25) is 0 Å². The fourth-order valence-electron chi connectivity index (χ4n) is 2.02. The molecule has 0 aliphatic heterocycles. The van der Waals surface area contributed by atoms with Crippen molar-refractivity contribution in [2.75, 3.05) is 13.1 Å². The van der Waals surface area contributed by atoms with Crippen LogP contribution in [0.3, 0.4) is 0 Å². The van der Waals surface area contributed by atoms with Gasteiger partial charge in [-0.25, -0.2) is 0 Å². The van der Waals surface area contributed by atoms with Crippen molar-refractivity contribution in [3.05, 3.63) is 29.3 Å².